The molecular formula is C24H28N2O5. The fraction of sp³-hybridized carbons (Fsp3) is 0.333. The summed E-state index contributed by atoms with van der Waals surface area (Å²) >= 11 is 0. The number of aliphatic hydroxyl groups excluding tert-OH is 1. The second kappa shape index (κ2) is 9.22. The molecule has 1 aliphatic heterocycles. The molecule has 1 aliphatic rings. The molecule has 0 aromatic heterocycles. The van der Waals surface area contributed by atoms with Crippen molar-refractivity contribution in [1.29, 1.82) is 0 Å². The van der Waals surface area contributed by atoms with E-state index < -0.39 is 17.7 Å². The Morgan fingerprint density at radius 3 is 2.32 bits per heavy atom. The molecule has 1 unspecified atom stereocenters. The highest BCUT2D eigenvalue weighted by Crippen LogP contribution is 2.45. The minimum Gasteiger partial charge on any atom is -0.507 e. The molecule has 3 rings (SSSR count). The summed E-state index contributed by atoms with van der Waals surface area (Å²) in [4.78, 5) is 29.5. The summed E-state index contributed by atoms with van der Waals surface area (Å²) in [5.41, 5.74) is 2.12. The van der Waals surface area contributed by atoms with Gasteiger partial charge in [-0.15, -0.1) is 0 Å². The number of likely N-dealkylation sites (tertiary alicyclic amines) is 1. The Morgan fingerprint density at radius 1 is 1.06 bits per heavy atom. The maximum atomic E-state index is 13.1. The van der Waals surface area contributed by atoms with Crippen LogP contribution in [0.15, 0.2) is 48.0 Å². The smallest absolute Gasteiger partial charge is 0.295 e. The van der Waals surface area contributed by atoms with Crippen molar-refractivity contribution in [2.45, 2.75) is 13.0 Å². The van der Waals surface area contributed by atoms with E-state index in [2.05, 4.69) is 0 Å². The van der Waals surface area contributed by atoms with Gasteiger partial charge in [-0.3, -0.25) is 9.59 Å². The van der Waals surface area contributed by atoms with E-state index in [1.165, 1.54) is 19.1 Å². The van der Waals surface area contributed by atoms with Crippen LogP contribution in [0.2, 0.25) is 0 Å². The van der Waals surface area contributed by atoms with E-state index >= 15 is 0 Å². The van der Waals surface area contributed by atoms with Crippen LogP contribution in [0.3, 0.4) is 0 Å². The predicted molar refractivity (Wildman–Crippen MR) is 118 cm³/mol. The molecule has 0 radical (unpaired) electrons. The number of hydrogen-bond donors (Lipinski definition) is 1. The van der Waals surface area contributed by atoms with Crippen LogP contribution in [-0.4, -0.2) is 68.0 Å². The number of para-hydroxylation sites is 1. The monoisotopic (exact) mass is 424 g/mol. The number of nitrogens with zero attached hydrogens (tertiary/aromatic N) is 2. The van der Waals surface area contributed by atoms with Gasteiger partial charge < -0.3 is 24.4 Å². The van der Waals surface area contributed by atoms with Crippen LogP contribution in [-0.2, 0) is 9.59 Å². The first-order valence-electron chi connectivity index (χ1n) is 10.0. The number of Topliss-reactive ketones (excluding diaryl/α,β-unsaturated/α-hetero) is 1. The lowest BCUT2D eigenvalue weighted by Gasteiger charge is -2.28. The van der Waals surface area contributed by atoms with Crippen molar-refractivity contribution >= 4 is 17.4 Å². The molecule has 1 fully saturated rings. The minimum atomic E-state index is -0.800. The average molecular weight is 424 g/mol. The summed E-state index contributed by atoms with van der Waals surface area (Å²) in [5, 5.41) is 11.1. The molecule has 1 atom stereocenters. The van der Waals surface area contributed by atoms with Crippen LogP contribution in [0.4, 0.5) is 0 Å². The molecule has 0 aliphatic carbocycles. The third kappa shape index (κ3) is 4.27. The lowest BCUT2D eigenvalue weighted by molar-refractivity contribution is -0.140. The van der Waals surface area contributed by atoms with Crippen molar-refractivity contribution in [2.75, 3.05) is 41.4 Å². The standard InChI is InChI=1S/C24H28N2O5/c1-15-9-11-16(12-10-15)21(27)19-20(17-7-6-8-18(30-4)23(17)31-5)26(14-13-25(2)3)24(29)22(19)28/h6-12,20,27H,13-14H2,1-5H3/b21-19-. The number of hydrogen-bond acceptors (Lipinski definition) is 6. The Kier molecular flexibility index (Phi) is 6.65. The maximum absolute atomic E-state index is 13.1. The summed E-state index contributed by atoms with van der Waals surface area (Å²) in [5.74, 6) is -0.673. The number of ether oxygens (including phenoxy) is 2. The average Bonchev–Trinajstić information content (AvgIpc) is 3.01. The summed E-state index contributed by atoms with van der Waals surface area (Å²) in [6.45, 7) is 2.80. The van der Waals surface area contributed by atoms with Gasteiger partial charge in [0.25, 0.3) is 11.7 Å². The summed E-state index contributed by atoms with van der Waals surface area (Å²) in [6, 6.07) is 11.7. The first-order chi connectivity index (χ1) is 14.8. The van der Waals surface area contributed by atoms with E-state index in [0.717, 1.165) is 5.56 Å². The summed E-state index contributed by atoms with van der Waals surface area (Å²) < 4.78 is 11.0. The quantitative estimate of drug-likeness (QED) is 0.418. The van der Waals surface area contributed by atoms with Crippen molar-refractivity contribution in [1.82, 2.24) is 9.80 Å². The molecule has 0 spiro atoms. The number of carbonyl (C=O) groups is 2. The number of ketones is 1. The topological polar surface area (TPSA) is 79.3 Å². The lowest BCUT2D eigenvalue weighted by Crippen LogP contribution is -2.35. The largest absolute Gasteiger partial charge is 0.507 e. The molecule has 31 heavy (non-hydrogen) atoms. The van der Waals surface area contributed by atoms with Crippen LogP contribution >= 0.6 is 0 Å². The zero-order valence-corrected chi connectivity index (χ0v) is 18.5. The highest BCUT2D eigenvalue weighted by atomic mass is 16.5. The first-order valence-corrected chi connectivity index (χ1v) is 10.0. The Bertz CT molecular complexity index is 1010. The lowest BCUT2D eigenvalue weighted by atomic mass is 9.94. The third-order valence-corrected chi connectivity index (χ3v) is 5.38. The van der Waals surface area contributed by atoms with Crippen LogP contribution in [0.5, 0.6) is 11.5 Å². The van der Waals surface area contributed by atoms with Gasteiger partial charge in [0, 0.05) is 24.2 Å². The fourth-order valence-corrected chi connectivity index (χ4v) is 3.74. The first kappa shape index (κ1) is 22.4. The minimum absolute atomic E-state index is 0.0409. The van der Waals surface area contributed by atoms with Crippen LogP contribution < -0.4 is 9.47 Å². The zero-order chi connectivity index (χ0) is 22.7. The Balaban J connectivity index is 2.23. The number of likely N-dealkylation sites (N-methyl/N-ethyl adjacent to an activating group) is 1. The predicted octanol–water partition coefficient (Wildman–Crippen LogP) is 3.00. The molecule has 7 nitrogen and oxygen atoms in total. The Labute approximate surface area is 182 Å². The van der Waals surface area contributed by atoms with E-state index in [-0.39, 0.29) is 11.3 Å². The second-order valence-corrected chi connectivity index (χ2v) is 7.74. The number of rotatable bonds is 7. The van der Waals surface area contributed by atoms with E-state index in [1.54, 1.807) is 30.3 Å². The van der Waals surface area contributed by atoms with Crippen molar-refractivity contribution < 1.29 is 24.2 Å². The molecule has 2 aromatic rings. The van der Waals surface area contributed by atoms with E-state index in [0.29, 0.717) is 35.7 Å². The van der Waals surface area contributed by atoms with E-state index in [1.807, 2.05) is 38.1 Å². The van der Waals surface area contributed by atoms with Crippen LogP contribution in [0.1, 0.15) is 22.7 Å². The van der Waals surface area contributed by atoms with Crippen LogP contribution in [0.25, 0.3) is 5.76 Å². The molecule has 1 amide bonds. The molecule has 0 bridgehead atoms. The van der Waals surface area contributed by atoms with E-state index in [9.17, 15) is 14.7 Å². The van der Waals surface area contributed by atoms with Crippen molar-refractivity contribution in [3.8, 4) is 11.5 Å². The molecule has 0 saturated carbocycles. The molecule has 1 saturated heterocycles. The van der Waals surface area contributed by atoms with Gasteiger partial charge >= 0.3 is 0 Å². The third-order valence-electron chi connectivity index (χ3n) is 5.38. The van der Waals surface area contributed by atoms with Gasteiger partial charge in [0.1, 0.15) is 5.76 Å². The van der Waals surface area contributed by atoms with Crippen LogP contribution in [0, 0.1) is 6.92 Å². The van der Waals surface area contributed by atoms with Gasteiger partial charge in [-0.1, -0.05) is 42.0 Å². The van der Waals surface area contributed by atoms with Gasteiger partial charge in [-0.05, 0) is 27.1 Å². The van der Waals surface area contributed by atoms with Crippen molar-refractivity contribution in [3.63, 3.8) is 0 Å². The maximum Gasteiger partial charge on any atom is 0.295 e. The molecular weight excluding hydrogens is 396 g/mol. The molecule has 1 heterocycles. The van der Waals surface area contributed by atoms with Crippen molar-refractivity contribution in [2.24, 2.45) is 0 Å². The van der Waals surface area contributed by atoms with Gasteiger partial charge in [-0.2, -0.15) is 0 Å². The zero-order valence-electron chi connectivity index (χ0n) is 18.5. The molecule has 2 aromatic carbocycles. The number of methoxy groups -OCH3 is 2. The number of amides is 1. The Hall–Kier alpha value is -3.32. The van der Waals surface area contributed by atoms with Gasteiger partial charge in [0.15, 0.2) is 11.5 Å². The summed E-state index contributed by atoms with van der Waals surface area (Å²) in [6.07, 6.45) is 0. The number of aliphatic hydroxyl groups is 1. The highest BCUT2D eigenvalue weighted by molar-refractivity contribution is 6.46. The molecule has 1 N–H and O–H groups in total. The van der Waals surface area contributed by atoms with E-state index in [4.69, 9.17) is 9.47 Å². The highest BCUT2D eigenvalue weighted by Gasteiger charge is 2.47. The second-order valence-electron chi connectivity index (χ2n) is 7.74. The molecule has 7 heteroatoms. The van der Waals surface area contributed by atoms with Gasteiger partial charge in [0.05, 0.1) is 25.8 Å². The number of aryl methyl sites for hydroxylation is 1. The van der Waals surface area contributed by atoms with Gasteiger partial charge in [-0.25, -0.2) is 0 Å². The van der Waals surface area contributed by atoms with Crippen molar-refractivity contribution in [3.05, 3.63) is 64.7 Å². The Morgan fingerprint density at radius 2 is 1.74 bits per heavy atom. The summed E-state index contributed by atoms with van der Waals surface area (Å²) in [7, 11) is 6.82. The number of benzene rings is 2. The normalized spacial score (nSPS) is 18.0. The van der Waals surface area contributed by atoms with Gasteiger partial charge in [0.2, 0.25) is 0 Å². The molecule has 164 valence electrons. The SMILES string of the molecule is COc1cccc(C2/C(=C(/O)c3ccc(C)cc3)C(=O)C(=O)N2CCN(C)C)c1OC. The fourth-order valence-electron chi connectivity index (χ4n) is 3.74. The number of carbonyl (C=O) groups excluding carboxylic acids is 2.